The maximum atomic E-state index is 13.6. The minimum absolute atomic E-state index is 0.201. The van der Waals surface area contributed by atoms with Gasteiger partial charge in [0.25, 0.3) is 11.5 Å². The van der Waals surface area contributed by atoms with Gasteiger partial charge in [-0.25, -0.2) is 4.98 Å². The van der Waals surface area contributed by atoms with Crippen molar-refractivity contribution in [2.24, 2.45) is 0 Å². The molecule has 4 heterocycles. The highest BCUT2D eigenvalue weighted by Crippen LogP contribution is 2.38. The van der Waals surface area contributed by atoms with E-state index in [1.165, 1.54) is 11.8 Å². The fourth-order valence-electron chi connectivity index (χ4n) is 4.21. The average Bonchev–Trinajstić information content (AvgIpc) is 3.14. The molecule has 1 aromatic carbocycles. The molecule has 3 aromatic rings. The molecule has 7 nitrogen and oxygen atoms in total. The van der Waals surface area contributed by atoms with E-state index in [4.69, 9.17) is 21.9 Å². The van der Waals surface area contributed by atoms with Gasteiger partial charge in [-0.15, -0.1) is 0 Å². The van der Waals surface area contributed by atoms with E-state index in [2.05, 4.69) is 0 Å². The van der Waals surface area contributed by atoms with Crippen molar-refractivity contribution in [3.8, 4) is 0 Å². The third-order valence-electron chi connectivity index (χ3n) is 6.06. The predicted molar refractivity (Wildman–Crippen MR) is 139 cm³/mol. The molecular formula is C25H24N4O3S2. The minimum atomic E-state index is -0.212. The number of benzene rings is 1. The van der Waals surface area contributed by atoms with E-state index in [1.807, 2.05) is 61.2 Å². The summed E-state index contributed by atoms with van der Waals surface area (Å²) in [6.45, 7) is 6.26. The number of hydrogen-bond acceptors (Lipinski definition) is 7. The zero-order chi connectivity index (χ0) is 23.8. The second-order valence-corrected chi connectivity index (χ2v) is 10.0. The molecule has 0 spiro atoms. The summed E-state index contributed by atoms with van der Waals surface area (Å²) in [7, 11) is 0. The van der Waals surface area contributed by atoms with Crippen molar-refractivity contribution >= 4 is 51.7 Å². The lowest BCUT2D eigenvalue weighted by molar-refractivity contribution is -0.123. The Bertz CT molecular complexity index is 1360. The number of ether oxygens (including phenoxy) is 1. The molecule has 2 aliphatic rings. The molecule has 174 valence electrons. The number of carbonyl (C=O) groups excluding carboxylic acids is 1. The molecule has 2 aromatic heterocycles. The van der Waals surface area contributed by atoms with Gasteiger partial charge in [0.2, 0.25) is 0 Å². The van der Waals surface area contributed by atoms with Crippen molar-refractivity contribution in [2.45, 2.75) is 19.9 Å². The molecule has 2 saturated heterocycles. The number of hydrogen-bond donors (Lipinski definition) is 0. The van der Waals surface area contributed by atoms with Crippen LogP contribution in [0.25, 0.3) is 11.7 Å². The monoisotopic (exact) mass is 492 g/mol. The second-order valence-electron chi connectivity index (χ2n) is 8.33. The largest absolute Gasteiger partial charge is 0.378 e. The molecule has 0 saturated carbocycles. The van der Waals surface area contributed by atoms with Crippen molar-refractivity contribution in [3.05, 3.63) is 80.6 Å². The second kappa shape index (κ2) is 9.32. The minimum Gasteiger partial charge on any atom is -0.378 e. The summed E-state index contributed by atoms with van der Waals surface area (Å²) < 4.78 is 7.51. The summed E-state index contributed by atoms with van der Waals surface area (Å²) in [5.41, 5.74) is 2.69. The summed E-state index contributed by atoms with van der Waals surface area (Å²) in [4.78, 5) is 35.9. The summed E-state index contributed by atoms with van der Waals surface area (Å²) in [6, 6.07) is 13.3. The maximum absolute atomic E-state index is 13.6. The van der Waals surface area contributed by atoms with E-state index in [9.17, 15) is 9.59 Å². The van der Waals surface area contributed by atoms with Crippen LogP contribution in [0.1, 0.15) is 29.7 Å². The number of carbonyl (C=O) groups is 1. The Hall–Kier alpha value is -3.01. The van der Waals surface area contributed by atoms with E-state index in [0.29, 0.717) is 52.6 Å². The van der Waals surface area contributed by atoms with Gasteiger partial charge in [-0.05, 0) is 37.1 Å². The van der Waals surface area contributed by atoms with Crippen LogP contribution >= 0.6 is 24.0 Å². The van der Waals surface area contributed by atoms with Gasteiger partial charge in [0, 0.05) is 19.3 Å². The zero-order valence-corrected chi connectivity index (χ0v) is 20.6. The molecule has 9 heteroatoms. The number of thioether (sulfide) groups is 1. The quantitative estimate of drug-likeness (QED) is 0.405. The first-order chi connectivity index (χ1) is 16.4. The van der Waals surface area contributed by atoms with Crippen molar-refractivity contribution in [1.29, 1.82) is 0 Å². The number of nitrogens with zero attached hydrogens (tertiary/aromatic N) is 4. The van der Waals surface area contributed by atoms with Crippen LogP contribution in [0.3, 0.4) is 0 Å². The molecule has 0 bridgehead atoms. The van der Waals surface area contributed by atoms with E-state index in [1.54, 1.807) is 21.6 Å². The van der Waals surface area contributed by atoms with Gasteiger partial charge < -0.3 is 9.64 Å². The Morgan fingerprint density at radius 2 is 1.85 bits per heavy atom. The predicted octanol–water partition coefficient (Wildman–Crippen LogP) is 3.80. The zero-order valence-electron chi connectivity index (χ0n) is 18.9. The van der Waals surface area contributed by atoms with Crippen LogP contribution in [0.5, 0.6) is 0 Å². The normalized spacial score (nSPS) is 18.8. The van der Waals surface area contributed by atoms with Gasteiger partial charge in [-0.2, -0.15) is 0 Å². The van der Waals surface area contributed by atoms with Crippen LogP contribution in [0.2, 0.25) is 0 Å². The van der Waals surface area contributed by atoms with E-state index >= 15 is 0 Å². The summed E-state index contributed by atoms with van der Waals surface area (Å²) in [5, 5.41) is 0. The van der Waals surface area contributed by atoms with Gasteiger partial charge in [0.05, 0.1) is 29.7 Å². The Kier molecular flexibility index (Phi) is 6.24. The molecular weight excluding hydrogens is 468 g/mol. The van der Waals surface area contributed by atoms with Gasteiger partial charge in [0.15, 0.2) is 0 Å². The third-order valence-corrected chi connectivity index (χ3v) is 7.39. The lowest BCUT2D eigenvalue weighted by Crippen LogP contribution is -2.38. The number of fused-ring (bicyclic) bond motifs is 1. The molecule has 2 aliphatic heterocycles. The number of aromatic nitrogens is 2. The highest BCUT2D eigenvalue weighted by Gasteiger charge is 2.36. The topological polar surface area (TPSA) is 67.2 Å². The Morgan fingerprint density at radius 1 is 1.12 bits per heavy atom. The molecule has 2 fully saturated rings. The fourth-order valence-corrected chi connectivity index (χ4v) is 5.62. The number of morpholine rings is 1. The number of aryl methyl sites for hydroxylation is 1. The highest BCUT2D eigenvalue weighted by atomic mass is 32.2. The lowest BCUT2D eigenvalue weighted by Gasteiger charge is -2.29. The van der Waals surface area contributed by atoms with E-state index in [0.717, 1.165) is 11.1 Å². The smallest absolute Gasteiger partial charge is 0.267 e. The molecule has 1 amide bonds. The van der Waals surface area contributed by atoms with Gasteiger partial charge in [0.1, 0.15) is 15.8 Å². The van der Waals surface area contributed by atoms with Crippen LogP contribution in [-0.4, -0.2) is 50.8 Å². The number of amides is 1. The first-order valence-corrected chi connectivity index (χ1v) is 12.3. The number of thiocarbonyl (C=S) groups is 1. The molecule has 1 atom stereocenters. The Balaban J connectivity index is 1.60. The molecule has 0 unspecified atom stereocenters. The first-order valence-electron chi connectivity index (χ1n) is 11.1. The number of pyridine rings is 1. The summed E-state index contributed by atoms with van der Waals surface area (Å²) in [6.07, 6.45) is 3.43. The lowest BCUT2D eigenvalue weighted by atomic mass is 10.1. The van der Waals surface area contributed by atoms with E-state index in [-0.39, 0.29) is 17.5 Å². The van der Waals surface area contributed by atoms with Crippen molar-refractivity contribution in [2.75, 3.05) is 31.2 Å². The summed E-state index contributed by atoms with van der Waals surface area (Å²) >= 11 is 6.80. The van der Waals surface area contributed by atoms with Crippen LogP contribution in [0, 0.1) is 6.92 Å². The van der Waals surface area contributed by atoms with Crippen LogP contribution in [-0.2, 0) is 9.53 Å². The average molecular weight is 493 g/mol. The standard InChI is InChI=1S/C25H24N4O3S2/c1-16-8-9-21-26-22(27-10-12-32-13-11-27)19(23(30)28(21)15-16)14-20-24(31)29(25(33)34-20)17(2)18-6-4-3-5-7-18/h3-9,14-15,17H,10-13H2,1-2H3/b20-14-/t17-/m1/s1. The Morgan fingerprint density at radius 3 is 2.59 bits per heavy atom. The number of rotatable bonds is 4. The highest BCUT2D eigenvalue weighted by molar-refractivity contribution is 8.26. The van der Waals surface area contributed by atoms with Crippen molar-refractivity contribution < 1.29 is 9.53 Å². The van der Waals surface area contributed by atoms with Crippen LogP contribution < -0.4 is 10.5 Å². The van der Waals surface area contributed by atoms with E-state index < -0.39 is 0 Å². The molecule has 0 aliphatic carbocycles. The number of anilines is 1. The Labute approximate surface area is 207 Å². The van der Waals surface area contributed by atoms with Crippen LogP contribution in [0.15, 0.2) is 58.4 Å². The van der Waals surface area contributed by atoms with Gasteiger partial charge in [-0.3, -0.25) is 18.9 Å². The SMILES string of the molecule is Cc1ccc2nc(N3CCOCC3)c(/C=C3\SC(=S)N([C@H](C)c4ccccc4)C3=O)c(=O)n2c1. The van der Waals surface area contributed by atoms with Crippen molar-refractivity contribution in [3.63, 3.8) is 0 Å². The molecule has 34 heavy (non-hydrogen) atoms. The molecule has 0 radical (unpaired) electrons. The maximum Gasteiger partial charge on any atom is 0.267 e. The van der Waals surface area contributed by atoms with Crippen molar-refractivity contribution in [1.82, 2.24) is 14.3 Å². The molecule has 0 N–H and O–H groups in total. The third kappa shape index (κ3) is 4.15. The van der Waals surface area contributed by atoms with Gasteiger partial charge >= 0.3 is 0 Å². The first kappa shape index (κ1) is 22.8. The summed E-state index contributed by atoms with van der Waals surface area (Å²) in [5.74, 6) is 0.367. The molecule has 5 rings (SSSR count). The van der Waals surface area contributed by atoms with Gasteiger partial charge in [-0.1, -0.05) is 60.4 Å². The fraction of sp³-hybridized carbons (Fsp3) is 0.280. The van der Waals surface area contributed by atoms with Crippen LogP contribution in [0.4, 0.5) is 5.82 Å².